The van der Waals surface area contributed by atoms with Gasteiger partial charge in [0.15, 0.2) is 0 Å². The van der Waals surface area contributed by atoms with Gasteiger partial charge in [-0.15, -0.1) is 12.4 Å². The van der Waals surface area contributed by atoms with Crippen LogP contribution >= 0.6 is 12.4 Å². The molecule has 0 amide bonds. The lowest BCUT2D eigenvalue weighted by Gasteiger charge is -2.10. The second kappa shape index (κ2) is 2.05. The van der Waals surface area contributed by atoms with Crippen LogP contribution in [0.5, 0.6) is 0 Å². The smallest absolute Gasteiger partial charge is 0.252 e. The molecule has 2 N–H and O–H groups in total. The molecule has 4 heteroatoms. The first kappa shape index (κ1) is 8.21. The molecule has 2 fully saturated rings. The van der Waals surface area contributed by atoms with Crippen molar-refractivity contribution in [3.63, 3.8) is 0 Å². The van der Waals surface area contributed by atoms with E-state index < -0.39 is 11.8 Å². The fraction of sp³-hybridized carbons (Fsp3) is 1.00. The average molecular weight is 170 g/mol. The minimum absolute atomic E-state index is 0. The van der Waals surface area contributed by atoms with E-state index in [4.69, 9.17) is 5.73 Å². The van der Waals surface area contributed by atoms with Gasteiger partial charge in [-0.2, -0.15) is 0 Å². The summed E-state index contributed by atoms with van der Waals surface area (Å²) in [5.74, 6) is -2.73. The van der Waals surface area contributed by atoms with E-state index in [1.165, 1.54) is 0 Å². The van der Waals surface area contributed by atoms with Crippen LogP contribution in [0.4, 0.5) is 8.78 Å². The molecule has 0 bridgehead atoms. The van der Waals surface area contributed by atoms with Crippen molar-refractivity contribution in [1.29, 1.82) is 0 Å². The van der Waals surface area contributed by atoms with Gasteiger partial charge in [0.05, 0.1) is 0 Å². The highest BCUT2D eigenvalue weighted by Gasteiger charge is 2.65. The van der Waals surface area contributed by atoms with Gasteiger partial charge in [0.2, 0.25) is 0 Å². The normalized spacial score (nSPS) is 47.7. The van der Waals surface area contributed by atoms with Crippen molar-refractivity contribution in [2.24, 2.45) is 17.6 Å². The summed E-state index contributed by atoms with van der Waals surface area (Å²) in [5, 5.41) is 0. The number of hydrogen-bond donors (Lipinski definition) is 1. The van der Waals surface area contributed by atoms with Crippen molar-refractivity contribution in [2.75, 3.05) is 0 Å². The van der Waals surface area contributed by atoms with E-state index in [1.54, 1.807) is 0 Å². The average Bonchev–Trinajstić information content (AvgIpc) is 2.24. The summed E-state index contributed by atoms with van der Waals surface area (Å²) in [6.45, 7) is 0. The van der Waals surface area contributed by atoms with Crippen molar-refractivity contribution in [3.8, 4) is 0 Å². The molecular weight excluding hydrogens is 160 g/mol. The maximum atomic E-state index is 12.6. The molecule has 2 aliphatic carbocycles. The van der Waals surface area contributed by atoms with E-state index in [9.17, 15) is 8.78 Å². The molecule has 0 aromatic carbocycles. The van der Waals surface area contributed by atoms with Crippen molar-refractivity contribution < 1.29 is 8.78 Å². The Morgan fingerprint density at radius 2 is 2.00 bits per heavy atom. The monoisotopic (exact) mass is 169 g/mol. The maximum absolute atomic E-state index is 12.6. The van der Waals surface area contributed by atoms with E-state index in [2.05, 4.69) is 0 Å². The van der Waals surface area contributed by atoms with Gasteiger partial charge in [-0.3, -0.25) is 0 Å². The SMILES string of the molecule is Cl.N[C@H]1[C@@H]2CCC(F)(F)[C@H]12. The minimum Gasteiger partial charge on any atom is -0.327 e. The third kappa shape index (κ3) is 0.839. The second-order valence-corrected chi connectivity index (χ2v) is 3.07. The quantitative estimate of drug-likeness (QED) is 0.583. The zero-order valence-electron chi connectivity index (χ0n) is 5.39. The second-order valence-electron chi connectivity index (χ2n) is 3.07. The molecule has 1 nitrogen and oxygen atoms in total. The summed E-state index contributed by atoms with van der Waals surface area (Å²) in [6.07, 6.45) is 0.703. The molecule has 2 aliphatic rings. The maximum Gasteiger partial charge on any atom is 0.252 e. The topological polar surface area (TPSA) is 26.0 Å². The number of alkyl halides is 2. The molecule has 3 atom stereocenters. The van der Waals surface area contributed by atoms with Gasteiger partial charge in [-0.25, -0.2) is 8.78 Å². The summed E-state index contributed by atoms with van der Waals surface area (Å²) in [7, 11) is 0. The van der Waals surface area contributed by atoms with Gasteiger partial charge in [0.25, 0.3) is 5.92 Å². The molecule has 2 saturated carbocycles. The van der Waals surface area contributed by atoms with Gasteiger partial charge >= 0.3 is 0 Å². The molecule has 0 saturated heterocycles. The van der Waals surface area contributed by atoms with Crippen LogP contribution in [-0.4, -0.2) is 12.0 Å². The van der Waals surface area contributed by atoms with E-state index in [0.717, 1.165) is 0 Å². The third-order valence-electron chi connectivity index (χ3n) is 2.53. The Morgan fingerprint density at radius 3 is 2.20 bits per heavy atom. The third-order valence-corrected chi connectivity index (χ3v) is 2.53. The number of hydrogen-bond acceptors (Lipinski definition) is 1. The van der Waals surface area contributed by atoms with Crippen molar-refractivity contribution in [1.82, 2.24) is 0 Å². The fourth-order valence-electron chi connectivity index (χ4n) is 1.89. The van der Waals surface area contributed by atoms with Crippen LogP contribution in [-0.2, 0) is 0 Å². The molecular formula is C6H10ClF2N. The Balaban J connectivity index is 0.000000500. The first-order valence-electron chi connectivity index (χ1n) is 3.26. The van der Waals surface area contributed by atoms with Gasteiger partial charge in [0, 0.05) is 18.4 Å². The first-order chi connectivity index (χ1) is 4.13. The summed E-state index contributed by atoms with van der Waals surface area (Å²) in [6, 6.07) is -0.186. The van der Waals surface area contributed by atoms with Crippen molar-refractivity contribution in [2.45, 2.75) is 24.8 Å². The molecule has 0 aromatic heterocycles. The van der Waals surface area contributed by atoms with E-state index in [-0.39, 0.29) is 30.8 Å². The van der Waals surface area contributed by atoms with Crippen LogP contribution in [0.25, 0.3) is 0 Å². The summed E-state index contributed by atoms with van der Waals surface area (Å²) in [5.41, 5.74) is 5.37. The summed E-state index contributed by atoms with van der Waals surface area (Å²) < 4.78 is 25.1. The largest absolute Gasteiger partial charge is 0.327 e. The zero-order valence-corrected chi connectivity index (χ0v) is 6.20. The highest BCUT2D eigenvalue weighted by Crippen LogP contribution is 2.58. The molecule has 0 aromatic rings. The highest BCUT2D eigenvalue weighted by molar-refractivity contribution is 5.85. The van der Waals surface area contributed by atoms with E-state index in [1.807, 2.05) is 0 Å². The Morgan fingerprint density at radius 1 is 1.40 bits per heavy atom. The molecule has 0 unspecified atom stereocenters. The number of halogens is 3. The van der Waals surface area contributed by atoms with Gasteiger partial charge in [0.1, 0.15) is 0 Å². The van der Waals surface area contributed by atoms with Crippen LogP contribution in [0.1, 0.15) is 12.8 Å². The molecule has 2 rings (SSSR count). The van der Waals surface area contributed by atoms with Crippen LogP contribution in [0.15, 0.2) is 0 Å². The lowest BCUT2D eigenvalue weighted by molar-refractivity contribution is -0.0164. The van der Waals surface area contributed by atoms with Gasteiger partial charge in [-0.1, -0.05) is 0 Å². The molecule has 0 spiro atoms. The van der Waals surface area contributed by atoms with Gasteiger partial charge in [-0.05, 0) is 12.3 Å². The minimum atomic E-state index is -2.43. The Bertz CT molecular complexity index is 151. The molecule has 0 heterocycles. The van der Waals surface area contributed by atoms with Crippen LogP contribution < -0.4 is 5.73 Å². The molecule has 10 heavy (non-hydrogen) atoms. The van der Waals surface area contributed by atoms with Gasteiger partial charge < -0.3 is 5.73 Å². The predicted molar refractivity (Wildman–Crippen MR) is 36.4 cm³/mol. The summed E-state index contributed by atoms with van der Waals surface area (Å²) in [4.78, 5) is 0. The Hall–Kier alpha value is 0.110. The molecule has 0 radical (unpaired) electrons. The predicted octanol–water partition coefficient (Wildman–Crippen LogP) is 1.41. The number of rotatable bonds is 0. The van der Waals surface area contributed by atoms with Crippen LogP contribution in [0, 0.1) is 11.8 Å². The zero-order chi connectivity index (χ0) is 6.65. The van der Waals surface area contributed by atoms with E-state index in [0.29, 0.717) is 6.42 Å². The Labute approximate surface area is 64.4 Å². The van der Waals surface area contributed by atoms with Crippen LogP contribution in [0.3, 0.4) is 0 Å². The Kier molecular flexibility index (Phi) is 1.68. The van der Waals surface area contributed by atoms with Crippen molar-refractivity contribution in [3.05, 3.63) is 0 Å². The van der Waals surface area contributed by atoms with Crippen LogP contribution in [0.2, 0.25) is 0 Å². The number of nitrogens with two attached hydrogens (primary N) is 1. The highest BCUT2D eigenvalue weighted by atomic mass is 35.5. The standard InChI is InChI=1S/C6H9F2N.ClH/c7-6(8)2-1-3-4(6)5(3)9;/h3-5H,1-2,9H2;1H/t3-,4+,5+;/m1./s1. The summed E-state index contributed by atoms with van der Waals surface area (Å²) >= 11 is 0. The lowest BCUT2D eigenvalue weighted by Crippen LogP contribution is -2.22. The number of fused-ring (bicyclic) bond motifs is 1. The van der Waals surface area contributed by atoms with Crippen molar-refractivity contribution >= 4 is 12.4 Å². The lowest BCUT2D eigenvalue weighted by atomic mass is 10.2. The molecule has 0 aliphatic heterocycles. The fourth-order valence-corrected chi connectivity index (χ4v) is 1.89. The van der Waals surface area contributed by atoms with E-state index >= 15 is 0 Å². The first-order valence-corrected chi connectivity index (χ1v) is 3.26. The molecule has 60 valence electrons.